The van der Waals surface area contributed by atoms with Crippen molar-refractivity contribution in [3.63, 3.8) is 0 Å². The van der Waals surface area contributed by atoms with Crippen LogP contribution >= 0.6 is 11.8 Å². The second-order valence-corrected chi connectivity index (χ2v) is 6.29. The number of β-amino-alcohol motifs (C(OH)–C–C–N with tert-alkyl or cyclic N) is 1. The lowest BCUT2D eigenvalue weighted by atomic mass is 10.2. The van der Waals surface area contributed by atoms with Crippen molar-refractivity contribution in [3.8, 4) is 0 Å². The lowest BCUT2D eigenvalue weighted by Gasteiger charge is -2.23. The number of hydrogen-bond acceptors (Lipinski definition) is 6. The summed E-state index contributed by atoms with van der Waals surface area (Å²) < 4.78 is 29.7. The second-order valence-electron chi connectivity index (χ2n) is 5.27. The summed E-state index contributed by atoms with van der Waals surface area (Å²) in [6, 6.07) is 5.02. The zero-order chi connectivity index (χ0) is 17.7. The third-order valence-electron chi connectivity index (χ3n) is 3.55. The van der Waals surface area contributed by atoms with E-state index in [1.54, 1.807) is 0 Å². The van der Waals surface area contributed by atoms with E-state index < -0.39 is 28.9 Å². The molecular formula is C14H16F2N2O5S. The Labute approximate surface area is 140 Å². The Morgan fingerprint density at radius 1 is 1.46 bits per heavy atom. The molecule has 2 rings (SSSR count). The van der Waals surface area contributed by atoms with Crippen LogP contribution in [0.3, 0.4) is 0 Å². The summed E-state index contributed by atoms with van der Waals surface area (Å²) in [5.41, 5.74) is 0.490. The number of likely N-dealkylation sites (tertiary alicyclic amines) is 1. The number of nitro groups is 1. The molecule has 1 aromatic rings. The first-order chi connectivity index (χ1) is 11.4. The van der Waals surface area contributed by atoms with Gasteiger partial charge in [0.05, 0.1) is 17.6 Å². The monoisotopic (exact) mass is 362 g/mol. The maximum Gasteiger partial charge on any atom is 0.410 e. The Morgan fingerprint density at radius 3 is 2.71 bits per heavy atom. The molecule has 24 heavy (non-hydrogen) atoms. The molecule has 1 aliphatic heterocycles. The number of ether oxygens (including phenoxy) is 1. The number of carbonyl (C=O) groups is 1. The first kappa shape index (κ1) is 18.4. The van der Waals surface area contributed by atoms with Crippen LogP contribution in [0.25, 0.3) is 0 Å². The molecule has 2 atom stereocenters. The highest BCUT2D eigenvalue weighted by molar-refractivity contribution is 7.99. The topological polar surface area (TPSA) is 92.9 Å². The molecule has 1 heterocycles. The van der Waals surface area contributed by atoms with Gasteiger partial charge in [-0.3, -0.25) is 10.1 Å². The van der Waals surface area contributed by atoms with Gasteiger partial charge < -0.3 is 14.7 Å². The number of aliphatic hydroxyl groups is 1. The van der Waals surface area contributed by atoms with E-state index in [1.807, 2.05) is 0 Å². The van der Waals surface area contributed by atoms with Gasteiger partial charge in [-0.2, -0.15) is 8.78 Å². The number of rotatable bonds is 6. The van der Waals surface area contributed by atoms with Gasteiger partial charge in [0.15, 0.2) is 0 Å². The summed E-state index contributed by atoms with van der Waals surface area (Å²) in [6.07, 6.45) is -1.24. The van der Waals surface area contributed by atoms with Crippen LogP contribution in [-0.2, 0) is 11.3 Å². The number of non-ortho nitro benzene ring substituents is 1. The molecule has 10 heteroatoms. The van der Waals surface area contributed by atoms with Gasteiger partial charge in [-0.15, -0.1) is 0 Å². The van der Waals surface area contributed by atoms with Gasteiger partial charge >= 0.3 is 6.09 Å². The van der Waals surface area contributed by atoms with Crippen molar-refractivity contribution in [2.24, 2.45) is 0 Å². The first-order valence-electron chi connectivity index (χ1n) is 7.11. The molecular weight excluding hydrogens is 346 g/mol. The summed E-state index contributed by atoms with van der Waals surface area (Å²) in [5.74, 6) is -2.53. The number of halogens is 2. The second kappa shape index (κ2) is 8.25. The number of alkyl halides is 2. The van der Waals surface area contributed by atoms with Crippen molar-refractivity contribution < 1.29 is 28.3 Å². The molecule has 0 spiro atoms. The van der Waals surface area contributed by atoms with Gasteiger partial charge in [0.1, 0.15) is 6.61 Å². The highest BCUT2D eigenvalue weighted by atomic mass is 32.2. The number of amides is 1. The Balaban J connectivity index is 1.89. The predicted molar refractivity (Wildman–Crippen MR) is 82.9 cm³/mol. The minimum absolute atomic E-state index is 0.0152. The van der Waals surface area contributed by atoms with Crippen molar-refractivity contribution in [2.45, 2.75) is 30.9 Å². The van der Waals surface area contributed by atoms with E-state index in [2.05, 4.69) is 0 Å². The number of thioether (sulfide) groups is 1. The van der Waals surface area contributed by atoms with E-state index in [4.69, 9.17) is 4.74 Å². The number of carbonyl (C=O) groups excluding carboxylic acids is 1. The molecule has 1 N–H and O–H groups in total. The van der Waals surface area contributed by atoms with Gasteiger partial charge in [-0.05, 0) is 24.1 Å². The Morgan fingerprint density at radius 2 is 2.12 bits per heavy atom. The van der Waals surface area contributed by atoms with E-state index in [0.29, 0.717) is 17.3 Å². The average molecular weight is 362 g/mol. The maximum atomic E-state index is 12.3. The van der Waals surface area contributed by atoms with Crippen LogP contribution in [-0.4, -0.2) is 51.2 Å². The highest BCUT2D eigenvalue weighted by Crippen LogP contribution is 2.25. The van der Waals surface area contributed by atoms with Crippen LogP contribution in [0.15, 0.2) is 24.3 Å². The number of benzene rings is 1. The van der Waals surface area contributed by atoms with E-state index in [1.165, 1.54) is 29.2 Å². The molecule has 132 valence electrons. The molecule has 1 fully saturated rings. The van der Waals surface area contributed by atoms with Crippen molar-refractivity contribution in [3.05, 3.63) is 39.9 Å². The zero-order valence-electron chi connectivity index (χ0n) is 12.5. The molecule has 0 aromatic heterocycles. The molecule has 0 aliphatic carbocycles. The van der Waals surface area contributed by atoms with Gasteiger partial charge in [-0.1, -0.05) is 11.8 Å². The molecule has 0 unspecified atom stereocenters. The molecule has 1 amide bonds. The normalized spacial score (nSPS) is 20.4. The van der Waals surface area contributed by atoms with Crippen LogP contribution < -0.4 is 0 Å². The minimum atomic E-state index is -2.54. The molecule has 1 aliphatic rings. The highest BCUT2D eigenvalue weighted by Gasteiger charge is 2.35. The first-order valence-corrected chi connectivity index (χ1v) is 8.16. The third-order valence-corrected chi connectivity index (χ3v) is 4.38. The Hall–Kier alpha value is -1.94. The number of nitrogens with zero attached hydrogens (tertiary/aromatic N) is 2. The van der Waals surface area contributed by atoms with Gasteiger partial charge in [0, 0.05) is 23.9 Å². The largest absolute Gasteiger partial charge is 0.445 e. The van der Waals surface area contributed by atoms with E-state index in [0.717, 1.165) is 0 Å². The van der Waals surface area contributed by atoms with Crippen LogP contribution in [0, 0.1) is 10.1 Å². The summed E-state index contributed by atoms with van der Waals surface area (Å²) in [6.45, 7) is -0.0638. The van der Waals surface area contributed by atoms with Crippen molar-refractivity contribution in [2.75, 3.05) is 12.3 Å². The number of nitro benzene ring substituents is 1. The van der Waals surface area contributed by atoms with Crippen molar-refractivity contribution in [1.82, 2.24) is 4.90 Å². The quantitative estimate of drug-likeness (QED) is 0.618. The van der Waals surface area contributed by atoms with Crippen LogP contribution in [0.2, 0.25) is 0 Å². The summed E-state index contributed by atoms with van der Waals surface area (Å²) >= 11 is 0.413. The maximum absolute atomic E-state index is 12.3. The standard InChI is InChI=1S/C14H16F2N2O5S/c15-13(16)24-8-11-5-12(19)6-17(11)14(20)23-7-9-1-3-10(4-2-9)18(21)22/h1-4,11-13,19H,5-8H2/t11-,12+/m0/s1. The average Bonchev–Trinajstić information content (AvgIpc) is 2.92. The molecule has 0 radical (unpaired) electrons. The Kier molecular flexibility index (Phi) is 6.32. The van der Waals surface area contributed by atoms with Crippen LogP contribution in [0.1, 0.15) is 12.0 Å². The Bertz CT molecular complexity index is 587. The lowest BCUT2D eigenvalue weighted by Crippen LogP contribution is -2.37. The predicted octanol–water partition coefficient (Wildman–Crippen LogP) is 2.62. The third kappa shape index (κ3) is 5.03. The van der Waals surface area contributed by atoms with Gasteiger partial charge in [0.2, 0.25) is 0 Å². The van der Waals surface area contributed by atoms with E-state index in [-0.39, 0.29) is 31.0 Å². The zero-order valence-corrected chi connectivity index (χ0v) is 13.3. The van der Waals surface area contributed by atoms with E-state index >= 15 is 0 Å². The molecule has 0 saturated carbocycles. The van der Waals surface area contributed by atoms with Crippen molar-refractivity contribution >= 4 is 23.5 Å². The SMILES string of the molecule is O=C(OCc1ccc([N+](=O)[O-])cc1)N1C[C@H](O)C[C@H]1CSC(F)F. The fraction of sp³-hybridized carbons (Fsp3) is 0.500. The fourth-order valence-corrected chi connectivity index (χ4v) is 3.08. The van der Waals surface area contributed by atoms with Crippen LogP contribution in [0.4, 0.5) is 19.3 Å². The summed E-state index contributed by atoms with van der Waals surface area (Å²) in [7, 11) is 0. The van der Waals surface area contributed by atoms with E-state index in [9.17, 15) is 28.8 Å². The van der Waals surface area contributed by atoms with Crippen molar-refractivity contribution in [1.29, 1.82) is 0 Å². The van der Waals surface area contributed by atoms with Crippen LogP contribution in [0.5, 0.6) is 0 Å². The smallest absolute Gasteiger partial charge is 0.410 e. The van der Waals surface area contributed by atoms with Gasteiger partial charge in [-0.25, -0.2) is 4.79 Å². The van der Waals surface area contributed by atoms with Gasteiger partial charge in [0.25, 0.3) is 11.4 Å². The molecule has 1 aromatic carbocycles. The number of hydrogen-bond donors (Lipinski definition) is 1. The number of aliphatic hydroxyl groups excluding tert-OH is 1. The summed E-state index contributed by atoms with van der Waals surface area (Å²) in [5, 5.41) is 20.2. The fourth-order valence-electron chi connectivity index (χ4n) is 2.40. The molecule has 7 nitrogen and oxygen atoms in total. The lowest BCUT2D eigenvalue weighted by molar-refractivity contribution is -0.384. The molecule has 0 bridgehead atoms. The minimum Gasteiger partial charge on any atom is -0.445 e. The summed E-state index contributed by atoms with van der Waals surface area (Å²) in [4.78, 5) is 23.4. The molecule has 1 saturated heterocycles.